The van der Waals surface area contributed by atoms with Crippen molar-refractivity contribution in [2.45, 2.75) is 11.8 Å². The van der Waals surface area contributed by atoms with Crippen molar-refractivity contribution >= 4 is 49.7 Å². The van der Waals surface area contributed by atoms with Crippen molar-refractivity contribution < 1.29 is 13.2 Å². The topological polar surface area (TPSA) is 63.2 Å². The van der Waals surface area contributed by atoms with E-state index in [-0.39, 0.29) is 10.5 Å². The van der Waals surface area contributed by atoms with Crippen molar-refractivity contribution in [1.29, 1.82) is 0 Å². The highest BCUT2D eigenvalue weighted by Gasteiger charge is 2.18. The molecule has 22 heavy (non-hydrogen) atoms. The van der Waals surface area contributed by atoms with Crippen molar-refractivity contribution in [3.8, 4) is 0 Å². The highest BCUT2D eigenvalue weighted by Crippen LogP contribution is 2.30. The van der Waals surface area contributed by atoms with Crippen molar-refractivity contribution in [3.05, 3.63) is 52.5 Å². The Hall–Kier alpha value is -1.56. The average Bonchev–Trinajstić information content (AvgIpc) is 2.36. The summed E-state index contributed by atoms with van der Waals surface area (Å²) in [4.78, 5) is 11.4. The molecule has 0 fully saturated rings. The van der Waals surface area contributed by atoms with E-state index in [1.807, 2.05) is 0 Å². The van der Waals surface area contributed by atoms with Crippen LogP contribution in [-0.2, 0) is 9.84 Å². The molecule has 0 heterocycles. The number of aryl methyl sites for hydroxylation is 1. The standard InChI is InChI=1S/C15H13Cl2NO3S/c1-9-6-13(18-11-5-3-4-10(16)7-11)14(22(2,20)21)8-12(9)15(17)19/h3-8,18H,1-2H3. The maximum absolute atomic E-state index is 12.0. The van der Waals surface area contributed by atoms with Crippen molar-refractivity contribution in [2.75, 3.05) is 11.6 Å². The Labute approximate surface area is 139 Å². The number of rotatable bonds is 4. The molecule has 0 radical (unpaired) electrons. The molecule has 0 saturated heterocycles. The van der Waals surface area contributed by atoms with E-state index >= 15 is 0 Å². The molecule has 7 heteroatoms. The first-order valence-electron chi connectivity index (χ1n) is 6.25. The minimum atomic E-state index is -3.54. The monoisotopic (exact) mass is 357 g/mol. The van der Waals surface area contributed by atoms with Gasteiger partial charge in [-0.1, -0.05) is 17.7 Å². The molecule has 0 aromatic heterocycles. The highest BCUT2D eigenvalue weighted by molar-refractivity contribution is 7.90. The number of sulfone groups is 1. The van der Waals surface area contributed by atoms with Crippen LogP contribution in [0.15, 0.2) is 41.3 Å². The number of hydrogen-bond donors (Lipinski definition) is 1. The summed E-state index contributed by atoms with van der Waals surface area (Å²) in [6.07, 6.45) is 1.07. The van der Waals surface area contributed by atoms with Gasteiger partial charge in [0.15, 0.2) is 9.84 Å². The zero-order valence-corrected chi connectivity index (χ0v) is 14.2. The van der Waals surface area contributed by atoms with Gasteiger partial charge in [0, 0.05) is 22.5 Å². The molecule has 0 aliphatic rings. The van der Waals surface area contributed by atoms with E-state index < -0.39 is 15.1 Å². The molecule has 0 aliphatic heterocycles. The zero-order valence-electron chi connectivity index (χ0n) is 11.9. The molecule has 0 amide bonds. The first-order chi connectivity index (χ1) is 10.2. The normalized spacial score (nSPS) is 11.3. The molecule has 0 saturated carbocycles. The summed E-state index contributed by atoms with van der Waals surface area (Å²) >= 11 is 11.4. The predicted octanol–water partition coefficient (Wildman–Crippen LogP) is 4.17. The van der Waals surface area contributed by atoms with E-state index in [9.17, 15) is 13.2 Å². The van der Waals surface area contributed by atoms with Crippen LogP contribution < -0.4 is 5.32 Å². The van der Waals surface area contributed by atoms with Crippen LogP contribution in [0.4, 0.5) is 11.4 Å². The highest BCUT2D eigenvalue weighted by atomic mass is 35.5. The molecule has 0 aliphatic carbocycles. The minimum absolute atomic E-state index is 0.00192. The second kappa shape index (κ2) is 6.28. The van der Waals surface area contributed by atoms with Crippen molar-refractivity contribution in [1.82, 2.24) is 0 Å². The molecular weight excluding hydrogens is 345 g/mol. The Bertz CT molecular complexity index is 848. The summed E-state index contributed by atoms with van der Waals surface area (Å²) in [6, 6.07) is 9.75. The van der Waals surface area contributed by atoms with Crippen LogP contribution in [-0.4, -0.2) is 19.9 Å². The zero-order chi connectivity index (χ0) is 16.5. The smallest absolute Gasteiger partial charge is 0.252 e. The average molecular weight is 358 g/mol. The lowest BCUT2D eigenvalue weighted by Gasteiger charge is -2.14. The number of anilines is 2. The summed E-state index contributed by atoms with van der Waals surface area (Å²) in [6.45, 7) is 1.69. The summed E-state index contributed by atoms with van der Waals surface area (Å²) in [7, 11) is -3.54. The Kier molecular flexibility index (Phi) is 4.80. The van der Waals surface area contributed by atoms with E-state index in [4.69, 9.17) is 23.2 Å². The Morgan fingerprint density at radius 1 is 1.18 bits per heavy atom. The first kappa shape index (κ1) is 16.8. The molecule has 2 aromatic rings. The van der Waals surface area contributed by atoms with Gasteiger partial charge in [-0.05, 0) is 54.4 Å². The Balaban J connectivity index is 2.59. The maximum Gasteiger partial charge on any atom is 0.252 e. The van der Waals surface area contributed by atoms with Crippen LogP contribution in [0.25, 0.3) is 0 Å². The fraction of sp³-hybridized carbons (Fsp3) is 0.133. The van der Waals surface area contributed by atoms with Gasteiger partial charge >= 0.3 is 0 Å². The lowest BCUT2D eigenvalue weighted by molar-refractivity contribution is 0.108. The van der Waals surface area contributed by atoms with Crippen LogP contribution in [0.5, 0.6) is 0 Å². The molecular formula is C15H13Cl2NO3S. The van der Waals surface area contributed by atoms with Gasteiger partial charge in [0.2, 0.25) is 0 Å². The van der Waals surface area contributed by atoms with Crippen molar-refractivity contribution in [3.63, 3.8) is 0 Å². The van der Waals surface area contributed by atoms with E-state index in [0.29, 0.717) is 22.0 Å². The summed E-state index contributed by atoms with van der Waals surface area (Å²) in [5.41, 5.74) is 1.75. The Morgan fingerprint density at radius 2 is 1.86 bits per heavy atom. The number of carbonyl (C=O) groups excluding carboxylic acids is 1. The minimum Gasteiger partial charge on any atom is -0.354 e. The van der Waals surface area contributed by atoms with Gasteiger partial charge in [0.05, 0.1) is 10.6 Å². The lowest BCUT2D eigenvalue weighted by atomic mass is 10.1. The number of nitrogens with one attached hydrogen (secondary N) is 1. The van der Waals surface area contributed by atoms with Gasteiger partial charge < -0.3 is 5.32 Å². The van der Waals surface area contributed by atoms with Crippen LogP contribution in [0, 0.1) is 6.92 Å². The molecule has 2 rings (SSSR count). The summed E-state index contributed by atoms with van der Waals surface area (Å²) in [5, 5.41) is 2.83. The SMILES string of the molecule is Cc1cc(Nc2cccc(Cl)c2)c(S(C)(=O)=O)cc1C(=O)Cl. The Morgan fingerprint density at radius 3 is 2.41 bits per heavy atom. The molecule has 0 spiro atoms. The van der Waals surface area contributed by atoms with E-state index in [1.54, 1.807) is 37.3 Å². The maximum atomic E-state index is 12.0. The molecule has 0 atom stereocenters. The largest absolute Gasteiger partial charge is 0.354 e. The van der Waals surface area contributed by atoms with Crippen LogP contribution in [0.3, 0.4) is 0 Å². The number of benzene rings is 2. The summed E-state index contributed by atoms with van der Waals surface area (Å²) < 4.78 is 24.0. The van der Waals surface area contributed by atoms with Gasteiger partial charge in [0.1, 0.15) is 0 Å². The van der Waals surface area contributed by atoms with E-state index in [0.717, 1.165) is 6.26 Å². The first-order valence-corrected chi connectivity index (χ1v) is 8.90. The van der Waals surface area contributed by atoms with Gasteiger partial charge in [-0.15, -0.1) is 0 Å². The predicted molar refractivity (Wildman–Crippen MR) is 89.2 cm³/mol. The second-order valence-electron chi connectivity index (χ2n) is 4.84. The van der Waals surface area contributed by atoms with Gasteiger partial charge in [-0.2, -0.15) is 0 Å². The van der Waals surface area contributed by atoms with Crippen molar-refractivity contribution in [2.24, 2.45) is 0 Å². The molecule has 0 unspecified atom stereocenters. The molecule has 4 nitrogen and oxygen atoms in total. The molecule has 116 valence electrons. The van der Waals surface area contributed by atoms with Crippen LogP contribution >= 0.6 is 23.2 Å². The van der Waals surface area contributed by atoms with Crippen LogP contribution in [0.2, 0.25) is 5.02 Å². The molecule has 1 N–H and O–H groups in total. The lowest BCUT2D eigenvalue weighted by Crippen LogP contribution is -2.06. The number of carbonyl (C=O) groups is 1. The fourth-order valence-electron chi connectivity index (χ4n) is 2.03. The number of hydrogen-bond acceptors (Lipinski definition) is 4. The van der Waals surface area contributed by atoms with Crippen LogP contribution in [0.1, 0.15) is 15.9 Å². The summed E-state index contributed by atoms with van der Waals surface area (Å²) in [5.74, 6) is 0. The van der Waals surface area contributed by atoms with Gasteiger partial charge in [-0.25, -0.2) is 8.42 Å². The third-order valence-corrected chi connectivity index (χ3v) is 4.62. The van der Waals surface area contributed by atoms with E-state index in [1.165, 1.54) is 6.07 Å². The molecule has 2 aromatic carbocycles. The third kappa shape index (κ3) is 3.80. The van der Waals surface area contributed by atoms with E-state index in [2.05, 4.69) is 5.32 Å². The third-order valence-electron chi connectivity index (χ3n) is 3.04. The van der Waals surface area contributed by atoms with Gasteiger partial charge in [0.25, 0.3) is 5.24 Å². The quantitative estimate of drug-likeness (QED) is 0.833. The molecule has 0 bridgehead atoms. The fourth-order valence-corrected chi connectivity index (χ4v) is 3.26. The number of halogens is 2. The van der Waals surface area contributed by atoms with Gasteiger partial charge in [-0.3, -0.25) is 4.79 Å². The second-order valence-corrected chi connectivity index (χ2v) is 7.61.